The maximum atomic E-state index is 13.0. The standard InChI is InChI=1S/C24H33N3O3S2/c1-23(2)19(24(23,3)4)22(29)27-10-7-16(8-11-27)21-26-18(15-32-21)20(28)25-9-13-31-14-17-6-5-12-30-17/h5-6,12,15-16,19H,7-11,13-14H2,1-4H3,(H,25,28). The van der Waals surface area contributed by atoms with Crippen molar-refractivity contribution in [1.29, 1.82) is 0 Å². The molecule has 0 spiro atoms. The van der Waals surface area contributed by atoms with E-state index in [0.717, 1.165) is 48.2 Å². The van der Waals surface area contributed by atoms with E-state index in [1.54, 1.807) is 29.4 Å². The van der Waals surface area contributed by atoms with Crippen LogP contribution >= 0.6 is 23.1 Å². The number of nitrogens with zero attached hydrogens (tertiary/aromatic N) is 2. The van der Waals surface area contributed by atoms with Crippen LogP contribution in [0, 0.1) is 16.7 Å². The quantitative estimate of drug-likeness (QED) is 0.556. The summed E-state index contributed by atoms with van der Waals surface area (Å²) in [7, 11) is 0. The van der Waals surface area contributed by atoms with Crippen LogP contribution in [0.3, 0.4) is 0 Å². The van der Waals surface area contributed by atoms with Crippen molar-refractivity contribution in [3.05, 3.63) is 40.2 Å². The van der Waals surface area contributed by atoms with Crippen LogP contribution in [0.1, 0.15) is 67.7 Å². The van der Waals surface area contributed by atoms with E-state index in [0.29, 0.717) is 24.1 Å². The largest absolute Gasteiger partial charge is 0.468 e. The third kappa shape index (κ3) is 4.62. The Labute approximate surface area is 198 Å². The molecule has 2 fully saturated rings. The number of thiazole rings is 1. The van der Waals surface area contributed by atoms with E-state index in [1.807, 2.05) is 22.4 Å². The Morgan fingerprint density at radius 3 is 2.59 bits per heavy atom. The first-order valence-electron chi connectivity index (χ1n) is 11.3. The average molecular weight is 476 g/mol. The molecule has 0 radical (unpaired) electrons. The number of amides is 2. The lowest BCUT2D eigenvalue weighted by atomic mass is 9.96. The number of carbonyl (C=O) groups excluding carboxylic acids is 2. The summed E-state index contributed by atoms with van der Waals surface area (Å²) in [6.07, 6.45) is 3.50. The van der Waals surface area contributed by atoms with Gasteiger partial charge in [-0.15, -0.1) is 11.3 Å². The molecule has 2 aromatic rings. The molecule has 0 bridgehead atoms. The molecule has 174 valence electrons. The first-order valence-corrected chi connectivity index (χ1v) is 13.4. The van der Waals surface area contributed by atoms with Gasteiger partial charge in [0.25, 0.3) is 5.91 Å². The zero-order valence-electron chi connectivity index (χ0n) is 19.3. The van der Waals surface area contributed by atoms with Crippen molar-refractivity contribution < 1.29 is 14.0 Å². The van der Waals surface area contributed by atoms with Gasteiger partial charge in [-0.1, -0.05) is 27.7 Å². The number of likely N-dealkylation sites (tertiary alicyclic amines) is 1. The van der Waals surface area contributed by atoms with Gasteiger partial charge in [0.05, 0.1) is 17.0 Å². The second-order valence-electron chi connectivity index (χ2n) is 9.93. The van der Waals surface area contributed by atoms with E-state index >= 15 is 0 Å². The number of rotatable bonds is 8. The van der Waals surface area contributed by atoms with Gasteiger partial charge >= 0.3 is 0 Å². The lowest BCUT2D eigenvalue weighted by molar-refractivity contribution is -0.134. The van der Waals surface area contributed by atoms with Crippen LogP contribution in [0.25, 0.3) is 0 Å². The van der Waals surface area contributed by atoms with Crippen LogP contribution < -0.4 is 5.32 Å². The molecule has 0 unspecified atom stereocenters. The Morgan fingerprint density at radius 2 is 1.97 bits per heavy atom. The van der Waals surface area contributed by atoms with E-state index < -0.39 is 0 Å². The summed E-state index contributed by atoms with van der Waals surface area (Å²) in [4.78, 5) is 32.1. The molecule has 1 N–H and O–H groups in total. The number of hydrogen-bond acceptors (Lipinski definition) is 6. The van der Waals surface area contributed by atoms with Gasteiger partial charge in [-0.3, -0.25) is 9.59 Å². The van der Waals surface area contributed by atoms with E-state index in [4.69, 9.17) is 4.42 Å². The van der Waals surface area contributed by atoms with Crippen molar-refractivity contribution >= 4 is 34.9 Å². The summed E-state index contributed by atoms with van der Waals surface area (Å²) >= 11 is 3.29. The van der Waals surface area contributed by atoms with Crippen molar-refractivity contribution in [1.82, 2.24) is 15.2 Å². The fraction of sp³-hybridized carbons (Fsp3) is 0.625. The molecule has 6 nitrogen and oxygen atoms in total. The molecule has 1 aliphatic heterocycles. The highest BCUT2D eigenvalue weighted by Gasteiger charge is 2.68. The van der Waals surface area contributed by atoms with E-state index in [1.165, 1.54) is 0 Å². The Hall–Kier alpha value is -1.80. The van der Waals surface area contributed by atoms with Crippen molar-refractivity contribution in [2.24, 2.45) is 16.7 Å². The molecule has 2 aromatic heterocycles. The van der Waals surface area contributed by atoms with Gasteiger partial charge in [-0.25, -0.2) is 4.98 Å². The van der Waals surface area contributed by atoms with Gasteiger partial charge < -0.3 is 14.6 Å². The molecule has 2 amide bonds. The van der Waals surface area contributed by atoms with Crippen molar-refractivity contribution in [3.63, 3.8) is 0 Å². The number of carbonyl (C=O) groups is 2. The minimum atomic E-state index is -0.114. The van der Waals surface area contributed by atoms with Gasteiger partial charge in [0.2, 0.25) is 5.91 Å². The minimum Gasteiger partial charge on any atom is -0.468 e. The second-order valence-corrected chi connectivity index (χ2v) is 11.9. The van der Waals surface area contributed by atoms with E-state index in [9.17, 15) is 9.59 Å². The van der Waals surface area contributed by atoms with Crippen molar-refractivity contribution in [2.45, 2.75) is 52.2 Å². The van der Waals surface area contributed by atoms with Gasteiger partial charge in [-0.05, 0) is 35.8 Å². The molecule has 2 aliphatic rings. The SMILES string of the molecule is CC1(C)C(C(=O)N2CCC(c3nc(C(=O)NCCSCc4ccco4)cs3)CC2)C1(C)C. The molecule has 8 heteroatoms. The zero-order chi connectivity index (χ0) is 22.9. The second kappa shape index (κ2) is 9.21. The van der Waals surface area contributed by atoms with E-state index in [2.05, 4.69) is 38.0 Å². The maximum Gasteiger partial charge on any atom is 0.270 e. The lowest BCUT2D eigenvalue weighted by Gasteiger charge is -2.31. The Morgan fingerprint density at radius 1 is 1.25 bits per heavy atom. The van der Waals surface area contributed by atoms with Gasteiger partial charge in [0.15, 0.2) is 0 Å². The summed E-state index contributed by atoms with van der Waals surface area (Å²) in [5.74, 6) is 3.22. The Bertz CT molecular complexity index is 930. The lowest BCUT2D eigenvalue weighted by Crippen LogP contribution is -2.40. The monoisotopic (exact) mass is 475 g/mol. The number of aromatic nitrogens is 1. The minimum absolute atomic E-state index is 0.0791. The topological polar surface area (TPSA) is 75.4 Å². The van der Waals surface area contributed by atoms with Crippen molar-refractivity contribution in [2.75, 3.05) is 25.4 Å². The predicted octanol–water partition coefficient (Wildman–Crippen LogP) is 4.79. The van der Waals surface area contributed by atoms with E-state index in [-0.39, 0.29) is 22.7 Å². The highest BCUT2D eigenvalue weighted by atomic mass is 32.2. The molecule has 32 heavy (non-hydrogen) atoms. The van der Waals surface area contributed by atoms with Crippen molar-refractivity contribution in [3.8, 4) is 0 Å². The molecule has 4 rings (SSSR count). The van der Waals surface area contributed by atoms with Crippen LogP contribution in [0.2, 0.25) is 0 Å². The summed E-state index contributed by atoms with van der Waals surface area (Å²) in [5.41, 5.74) is 0.659. The number of furan rings is 1. The fourth-order valence-electron chi connectivity index (χ4n) is 4.82. The molecule has 1 saturated carbocycles. The number of thioether (sulfide) groups is 1. The maximum absolute atomic E-state index is 13.0. The molecule has 0 aromatic carbocycles. The highest BCUT2D eigenvalue weighted by Crippen LogP contribution is 2.68. The van der Waals surface area contributed by atoms with Crippen LogP contribution in [-0.2, 0) is 10.5 Å². The van der Waals surface area contributed by atoms with Gasteiger partial charge in [-0.2, -0.15) is 11.8 Å². The Kier molecular flexibility index (Phi) is 6.73. The molecule has 1 aliphatic carbocycles. The van der Waals surface area contributed by atoms with Crippen LogP contribution in [0.15, 0.2) is 28.2 Å². The number of hydrogen-bond donors (Lipinski definition) is 1. The van der Waals surface area contributed by atoms with Crippen LogP contribution in [0.4, 0.5) is 0 Å². The molecule has 0 atom stereocenters. The van der Waals surface area contributed by atoms with Crippen LogP contribution in [0.5, 0.6) is 0 Å². The first-order chi connectivity index (χ1) is 15.2. The summed E-state index contributed by atoms with van der Waals surface area (Å²) in [6.45, 7) is 10.9. The number of piperidine rings is 1. The fourth-order valence-corrected chi connectivity index (χ4v) is 6.54. The molecule has 1 saturated heterocycles. The summed E-state index contributed by atoms with van der Waals surface area (Å²) in [5, 5.41) is 5.82. The number of nitrogens with one attached hydrogen (secondary N) is 1. The summed E-state index contributed by atoms with van der Waals surface area (Å²) in [6, 6.07) is 3.84. The first kappa shape index (κ1) is 23.4. The normalized spacial score (nSPS) is 20.3. The highest BCUT2D eigenvalue weighted by molar-refractivity contribution is 7.98. The average Bonchev–Trinajstić information content (AvgIpc) is 3.30. The molecular formula is C24H33N3O3S2. The third-order valence-corrected chi connectivity index (χ3v) is 9.52. The molecular weight excluding hydrogens is 442 g/mol. The summed E-state index contributed by atoms with van der Waals surface area (Å²) < 4.78 is 5.30. The third-order valence-electron chi connectivity index (χ3n) is 7.53. The Balaban J connectivity index is 1.20. The molecule has 3 heterocycles. The van der Waals surface area contributed by atoms with Gasteiger partial charge in [0.1, 0.15) is 11.5 Å². The van der Waals surface area contributed by atoms with Gasteiger partial charge in [0, 0.05) is 42.6 Å². The smallest absolute Gasteiger partial charge is 0.270 e. The van der Waals surface area contributed by atoms with Crippen LogP contribution in [-0.4, -0.2) is 47.1 Å². The zero-order valence-corrected chi connectivity index (χ0v) is 21.0. The predicted molar refractivity (Wildman–Crippen MR) is 129 cm³/mol.